The van der Waals surface area contributed by atoms with Crippen LogP contribution in [0.25, 0.3) is 0 Å². The lowest BCUT2D eigenvalue weighted by Crippen LogP contribution is -2.49. The number of ether oxygens (including phenoxy) is 2. The molecule has 2 fully saturated rings. The van der Waals surface area contributed by atoms with E-state index in [0.717, 1.165) is 43.1 Å². The zero-order valence-electron chi connectivity index (χ0n) is 20.1. The summed E-state index contributed by atoms with van der Waals surface area (Å²) in [6.07, 6.45) is 6.95. The second-order valence-corrected chi connectivity index (χ2v) is 12.2. The summed E-state index contributed by atoms with van der Waals surface area (Å²) in [6.45, 7) is 3.98. The van der Waals surface area contributed by atoms with Crippen LogP contribution in [-0.2, 0) is 21.0 Å². The van der Waals surface area contributed by atoms with Gasteiger partial charge >= 0.3 is 0 Å². The van der Waals surface area contributed by atoms with Gasteiger partial charge in [-0.05, 0) is 31.5 Å². The van der Waals surface area contributed by atoms with Gasteiger partial charge in [-0.2, -0.15) is 0 Å². The van der Waals surface area contributed by atoms with Gasteiger partial charge in [-0.25, -0.2) is 27.8 Å². The molecule has 0 unspecified atom stereocenters. The third kappa shape index (κ3) is 5.51. The molecule has 36 heavy (non-hydrogen) atoms. The van der Waals surface area contributed by atoms with Crippen LogP contribution in [0.1, 0.15) is 23.4 Å². The molecule has 0 bridgehead atoms. The van der Waals surface area contributed by atoms with Crippen molar-refractivity contribution < 1.29 is 22.3 Å². The summed E-state index contributed by atoms with van der Waals surface area (Å²) in [6, 6.07) is 4.35. The Morgan fingerprint density at radius 1 is 1.28 bits per heavy atom. The molecule has 0 saturated carbocycles. The van der Waals surface area contributed by atoms with Crippen molar-refractivity contribution >= 4 is 32.7 Å². The molecule has 2 aromatic heterocycles. The molecular formula is C24H28FN5O4S2. The monoisotopic (exact) mass is 533 g/mol. The van der Waals surface area contributed by atoms with E-state index in [1.165, 1.54) is 18.5 Å². The van der Waals surface area contributed by atoms with Gasteiger partial charge < -0.3 is 14.8 Å². The molecule has 4 heterocycles. The van der Waals surface area contributed by atoms with Crippen molar-refractivity contribution in [3.63, 3.8) is 0 Å². The fourth-order valence-corrected chi connectivity index (χ4v) is 6.01. The minimum Gasteiger partial charge on any atom is -0.473 e. The number of anilines is 2. The van der Waals surface area contributed by atoms with Crippen LogP contribution in [0.5, 0.6) is 5.88 Å². The molecule has 0 radical (unpaired) electrons. The zero-order chi connectivity index (χ0) is 25.3. The Morgan fingerprint density at radius 3 is 2.89 bits per heavy atom. The van der Waals surface area contributed by atoms with E-state index in [1.54, 1.807) is 11.3 Å². The zero-order valence-corrected chi connectivity index (χ0v) is 21.7. The molecule has 0 spiro atoms. The fraction of sp³-hybridized carbons (Fsp3) is 0.458. The number of aromatic nitrogens is 3. The number of thiazole rings is 1. The molecule has 3 aromatic rings. The third-order valence-electron chi connectivity index (χ3n) is 6.62. The fourth-order valence-electron chi connectivity index (χ4n) is 4.74. The predicted octanol–water partition coefficient (Wildman–Crippen LogP) is 3.38. The van der Waals surface area contributed by atoms with Gasteiger partial charge in [0, 0.05) is 49.3 Å². The van der Waals surface area contributed by atoms with Crippen LogP contribution in [-0.4, -0.2) is 72.5 Å². The largest absolute Gasteiger partial charge is 0.473 e. The van der Waals surface area contributed by atoms with Crippen molar-refractivity contribution in [3.05, 3.63) is 52.5 Å². The van der Waals surface area contributed by atoms with Gasteiger partial charge in [0.15, 0.2) is 9.84 Å². The number of sulfone groups is 1. The van der Waals surface area contributed by atoms with Crippen LogP contribution in [0.2, 0.25) is 0 Å². The molecule has 0 amide bonds. The summed E-state index contributed by atoms with van der Waals surface area (Å²) < 4.78 is 50.1. The van der Waals surface area contributed by atoms with Crippen LogP contribution >= 0.6 is 11.3 Å². The van der Waals surface area contributed by atoms with E-state index in [4.69, 9.17) is 9.47 Å². The molecule has 1 aromatic carbocycles. The molecule has 1 N–H and O–H groups in total. The standard InChI is InChI=1S/C24H28FN5O4S2/c1-15-23(29-21-5-4-19(10-20(21)25)36(2,31)32)27-14-28-24(15)34-18-9-17-13-33-12-16(30(17)11-18)3-6-22-26-7-8-35-22/h4-5,7-8,10,14,16-18H,3,6,9,11-13H2,1-2H3,(H,27,28,29)/t16-,17-,18-/m0/s1. The summed E-state index contributed by atoms with van der Waals surface area (Å²) in [5, 5.41) is 6.08. The molecule has 2 aliphatic heterocycles. The maximum atomic E-state index is 14.6. The average Bonchev–Trinajstić information content (AvgIpc) is 3.50. The Hall–Kier alpha value is -2.67. The molecule has 192 valence electrons. The minimum atomic E-state index is -3.50. The normalized spacial score (nSPS) is 22.4. The maximum absolute atomic E-state index is 14.6. The van der Waals surface area contributed by atoms with Gasteiger partial charge in [-0.1, -0.05) is 0 Å². The number of fused-ring (bicyclic) bond motifs is 1. The minimum absolute atomic E-state index is 0.0497. The molecule has 2 saturated heterocycles. The topological polar surface area (TPSA) is 107 Å². The van der Waals surface area contributed by atoms with Crippen LogP contribution in [0.4, 0.5) is 15.9 Å². The van der Waals surface area contributed by atoms with Crippen LogP contribution < -0.4 is 10.1 Å². The number of halogens is 1. The van der Waals surface area contributed by atoms with Gasteiger partial charge in [0.2, 0.25) is 5.88 Å². The third-order valence-corrected chi connectivity index (χ3v) is 8.57. The Balaban J connectivity index is 1.25. The Bertz CT molecular complexity index is 1320. The molecule has 9 nitrogen and oxygen atoms in total. The lowest BCUT2D eigenvalue weighted by molar-refractivity contribution is -0.0328. The lowest BCUT2D eigenvalue weighted by atomic mass is 10.1. The van der Waals surface area contributed by atoms with Crippen molar-refractivity contribution in [2.24, 2.45) is 0 Å². The van der Waals surface area contributed by atoms with Crippen LogP contribution in [0.15, 0.2) is 41.0 Å². The SMILES string of the molecule is Cc1c(Nc2ccc(S(C)(=O)=O)cc2F)ncnc1O[C@H]1C[C@H]2COC[C@H](CCc3nccs3)N2C1. The van der Waals surface area contributed by atoms with Crippen molar-refractivity contribution in [2.45, 2.75) is 49.3 Å². The molecule has 2 aliphatic rings. The lowest BCUT2D eigenvalue weighted by Gasteiger charge is -2.37. The quantitative estimate of drug-likeness (QED) is 0.466. The summed E-state index contributed by atoms with van der Waals surface area (Å²) in [5.74, 6) is 0.145. The van der Waals surface area contributed by atoms with E-state index in [-0.39, 0.29) is 16.7 Å². The van der Waals surface area contributed by atoms with Crippen molar-refractivity contribution in [3.8, 4) is 5.88 Å². The van der Waals surface area contributed by atoms with Crippen molar-refractivity contribution in [1.29, 1.82) is 0 Å². The van der Waals surface area contributed by atoms with E-state index < -0.39 is 15.7 Å². The number of hydrogen-bond acceptors (Lipinski definition) is 10. The Morgan fingerprint density at radius 2 is 2.14 bits per heavy atom. The first-order valence-corrected chi connectivity index (χ1v) is 14.5. The van der Waals surface area contributed by atoms with E-state index in [9.17, 15) is 12.8 Å². The van der Waals surface area contributed by atoms with E-state index >= 15 is 0 Å². The first-order chi connectivity index (χ1) is 17.3. The Kier molecular flexibility index (Phi) is 7.20. The highest BCUT2D eigenvalue weighted by atomic mass is 32.2. The highest BCUT2D eigenvalue weighted by molar-refractivity contribution is 7.90. The maximum Gasteiger partial charge on any atom is 0.221 e. The van der Waals surface area contributed by atoms with E-state index in [2.05, 4.69) is 25.2 Å². The smallest absolute Gasteiger partial charge is 0.221 e. The van der Waals surface area contributed by atoms with Gasteiger partial charge in [-0.15, -0.1) is 11.3 Å². The molecule has 0 aliphatic carbocycles. The number of rotatable bonds is 8. The number of nitrogens with one attached hydrogen (secondary N) is 1. The average molecular weight is 534 g/mol. The van der Waals surface area contributed by atoms with Gasteiger partial charge in [0.1, 0.15) is 24.1 Å². The first-order valence-electron chi connectivity index (χ1n) is 11.7. The highest BCUT2D eigenvalue weighted by Gasteiger charge is 2.40. The van der Waals surface area contributed by atoms with Gasteiger partial charge in [-0.3, -0.25) is 4.90 Å². The summed E-state index contributed by atoms with van der Waals surface area (Å²) in [4.78, 5) is 15.3. The Labute approximate surface area is 213 Å². The van der Waals surface area contributed by atoms with E-state index in [0.29, 0.717) is 42.6 Å². The van der Waals surface area contributed by atoms with Crippen LogP contribution in [0, 0.1) is 12.7 Å². The molecule has 12 heteroatoms. The van der Waals surface area contributed by atoms with Crippen molar-refractivity contribution in [1.82, 2.24) is 19.9 Å². The summed E-state index contributed by atoms with van der Waals surface area (Å²) >= 11 is 1.68. The summed E-state index contributed by atoms with van der Waals surface area (Å²) in [5.41, 5.74) is 0.763. The number of hydrogen-bond donors (Lipinski definition) is 1. The van der Waals surface area contributed by atoms with E-state index in [1.807, 2.05) is 18.5 Å². The molecule has 5 rings (SSSR count). The second kappa shape index (κ2) is 10.4. The number of morpholine rings is 1. The van der Waals surface area contributed by atoms with Crippen molar-refractivity contribution in [2.75, 3.05) is 31.3 Å². The predicted molar refractivity (Wildman–Crippen MR) is 134 cm³/mol. The summed E-state index contributed by atoms with van der Waals surface area (Å²) in [7, 11) is -3.50. The van der Waals surface area contributed by atoms with Crippen LogP contribution in [0.3, 0.4) is 0 Å². The van der Waals surface area contributed by atoms with Gasteiger partial charge in [0.25, 0.3) is 0 Å². The number of aryl methyl sites for hydroxylation is 1. The first kappa shape index (κ1) is 25.0. The second-order valence-electron chi connectivity index (χ2n) is 9.17. The highest BCUT2D eigenvalue weighted by Crippen LogP contribution is 2.32. The number of nitrogens with zero attached hydrogens (tertiary/aromatic N) is 4. The van der Waals surface area contributed by atoms with Gasteiger partial charge in [0.05, 0.1) is 34.4 Å². The molecule has 3 atom stereocenters. The molecular weight excluding hydrogens is 505 g/mol. The number of benzene rings is 1.